The van der Waals surface area contributed by atoms with Gasteiger partial charge < -0.3 is 13.6 Å². The normalized spacial score (nSPS) is 11.8. The number of hydrogen-bond acceptors (Lipinski definition) is 4. The van der Waals surface area contributed by atoms with Crippen molar-refractivity contribution in [2.75, 3.05) is 0 Å². The fourth-order valence-corrected chi connectivity index (χ4v) is 9.61. The molecule has 0 radical (unpaired) electrons. The molecule has 0 fully saturated rings. The van der Waals surface area contributed by atoms with E-state index in [0.29, 0.717) is 17.5 Å². The van der Waals surface area contributed by atoms with E-state index in [1.54, 1.807) is 0 Å². The fraction of sp³-hybridized carbons (Fsp3) is 0. The number of furan rings is 1. The van der Waals surface area contributed by atoms with E-state index in [2.05, 4.69) is 173 Å². The summed E-state index contributed by atoms with van der Waals surface area (Å²) >= 11 is 0. The Morgan fingerprint density at radius 2 is 0.762 bits per heavy atom. The van der Waals surface area contributed by atoms with Crippen molar-refractivity contribution < 1.29 is 4.42 Å². The lowest BCUT2D eigenvalue weighted by molar-refractivity contribution is 0.669. The number of fused-ring (bicyclic) bond motifs is 9. The SMILES string of the molecule is c1ccc(-c2nc(-c3ccccc3)nc(-c3c(-c4ccc5oc6ccccc6c5c4)ccc(-n4c5ccccc5c5ccccc54)c3-n3c4ccccc4c4ccccc43)n2)cc1. The Hall–Kier alpha value is -8.61. The van der Waals surface area contributed by atoms with Gasteiger partial charge in [-0.25, -0.2) is 15.0 Å². The van der Waals surface area contributed by atoms with Crippen LogP contribution >= 0.6 is 0 Å². The van der Waals surface area contributed by atoms with Crippen LogP contribution in [0.15, 0.2) is 217 Å². The lowest BCUT2D eigenvalue weighted by Crippen LogP contribution is -2.09. The number of benzene rings is 9. The van der Waals surface area contributed by atoms with Crippen LogP contribution in [0.2, 0.25) is 0 Å². The first-order valence-electron chi connectivity index (χ1n) is 21.2. The molecule has 0 spiro atoms. The molecular formula is C57H35N5O. The van der Waals surface area contributed by atoms with Crippen LogP contribution < -0.4 is 0 Å². The molecule has 13 rings (SSSR count). The highest BCUT2D eigenvalue weighted by molar-refractivity contribution is 6.13. The molecule has 4 heterocycles. The predicted octanol–water partition coefficient (Wildman–Crippen LogP) is 14.6. The van der Waals surface area contributed by atoms with Crippen LogP contribution in [-0.2, 0) is 0 Å². The summed E-state index contributed by atoms with van der Waals surface area (Å²) in [7, 11) is 0. The highest BCUT2D eigenvalue weighted by Gasteiger charge is 2.28. The Kier molecular flexibility index (Phi) is 7.80. The number of hydrogen-bond donors (Lipinski definition) is 0. The van der Waals surface area contributed by atoms with Gasteiger partial charge in [-0.15, -0.1) is 0 Å². The van der Waals surface area contributed by atoms with E-state index in [-0.39, 0.29) is 0 Å². The minimum atomic E-state index is 0.564. The fourth-order valence-electron chi connectivity index (χ4n) is 9.61. The molecule has 0 atom stereocenters. The van der Waals surface area contributed by atoms with E-state index in [1.807, 2.05) is 48.5 Å². The minimum absolute atomic E-state index is 0.564. The second-order valence-electron chi connectivity index (χ2n) is 15.9. The van der Waals surface area contributed by atoms with Gasteiger partial charge >= 0.3 is 0 Å². The molecule has 0 saturated heterocycles. The maximum Gasteiger partial charge on any atom is 0.166 e. The zero-order valence-corrected chi connectivity index (χ0v) is 33.9. The highest BCUT2D eigenvalue weighted by Crippen LogP contribution is 2.46. The molecule has 0 N–H and O–H groups in total. The number of aromatic nitrogens is 5. The Morgan fingerprint density at radius 1 is 0.317 bits per heavy atom. The topological polar surface area (TPSA) is 61.7 Å². The maximum atomic E-state index is 6.38. The number of rotatable bonds is 6. The lowest BCUT2D eigenvalue weighted by atomic mass is 9.94. The van der Waals surface area contributed by atoms with Gasteiger partial charge in [-0.05, 0) is 59.7 Å². The van der Waals surface area contributed by atoms with Crippen LogP contribution in [0.25, 0.3) is 122 Å². The molecule has 6 heteroatoms. The zero-order valence-electron chi connectivity index (χ0n) is 33.9. The first kappa shape index (κ1) is 35.2. The average molecular weight is 806 g/mol. The quantitative estimate of drug-likeness (QED) is 0.168. The second kappa shape index (κ2) is 14.0. The summed E-state index contributed by atoms with van der Waals surface area (Å²) in [5.41, 5.74) is 12.7. The van der Waals surface area contributed by atoms with Gasteiger partial charge in [0.05, 0.1) is 39.0 Å². The van der Waals surface area contributed by atoms with Crippen molar-refractivity contribution in [1.29, 1.82) is 0 Å². The van der Waals surface area contributed by atoms with Crippen molar-refractivity contribution in [2.24, 2.45) is 0 Å². The first-order valence-corrected chi connectivity index (χ1v) is 21.2. The highest BCUT2D eigenvalue weighted by atomic mass is 16.3. The second-order valence-corrected chi connectivity index (χ2v) is 15.9. The standard InChI is InChI=1S/C57H35N5O/c1-3-17-36(18-4-1)55-58-56(37-19-5-2-6-20-37)60-57(59-55)53-39(38-31-34-52-45(35-38)44-25-11-16-30-51(44)63-52)32-33-50(61-46-26-12-7-21-40(46)41-22-8-13-27-47(41)61)54(53)62-48-28-14-9-23-42(48)43-24-10-15-29-49(43)62/h1-35H. The van der Waals surface area contributed by atoms with Gasteiger partial charge in [-0.3, -0.25) is 0 Å². The third-order valence-corrected chi connectivity index (χ3v) is 12.4. The molecule has 0 amide bonds. The Morgan fingerprint density at radius 3 is 1.32 bits per heavy atom. The largest absolute Gasteiger partial charge is 0.456 e. The summed E-state index contributed by atoms with van der Waals surface area (Å²) < 4.78 is 11.2. The summed E-state index contributed by atoms with van der Waals surface area (Å²) in [6, 6.07) is 74.5. The van der Waals surface area contributed by atoms with Crippen LogP contribution in [0.4, 0.5) is 0 Å². The molecule has 0 saturated carbocycles. The molecular weight excluding hydrogens is 771 g/mol. The van der Waals surface area contributed by atoms with Gasteiger partial charge in [0.25, 0.3) is 0 Å². The Labute approximate surface area is 361 Å². The zero-order chi connectivity index (χ0) is 41.4. The van der Waals surface area contributed by atoms with Gasteiger partial charge in [-0.2, -0.15) is 0 Å². The number of nitrogens with zero attached hydrogens (tertiary/aromatic N) is 5. The van der Waals surface area contributed by atoms with Gasteiger partial charge in [0.2, 0.25) is 0 Å². The monoisotopic (exact) mass is 805 g/mol. The Bertz CT molecular complexity index is 3750. The van der Waals surface area contributed by atoms with E-state index < -0.39 is 0 Å². The van der Waals surface area contributed by atoms with E-state index in [1.165, 1.54) is 10.8 Å². The van der Waals surface area contributed by atoms with Crippen molar-refractivity contribution in [3.63, 3.8) is 0 Å². The molecule has 0 aliphatic rings. The van der Waals surface area contributed by atoms with Crippen molar-refractivity contribution >= 4 is 65.6 Å². The van der Waals surface area contributed by atoms with Crippen molar-refractivity contribution in [2.45, 2.75) is 0 Å². The molecule has 6 nitrogen and oxygen atoms in total. The molecule has 0 aliphatic carbocycles. The molecule has 0 unspecified atom stereocenters. The van der Waals surface area contributed by atoms with Crippen molar-refractivity contribution in [1.82, 2.24) is 24.1 Å². The first-order chi connectivity index (χ1) is 31.3. The summed E-state index contributed by atoms with van der Waals surface area (Å²) in [5, 5.41) is 6.80. The van der Waals surface area contributed by atoms with Crippen LogP contribution in [0.1, 0.15) is 0 Å². The summed E-state index contributed by atoms with van der Waals surface area (Å²) in [6.45, 7) is 0. The van der Waals surface area contributed by atoms with Crippen molar-refractivity contribution in [3.05, 3.63) is 212 Å². The van der Waals surface area contributed by atoms with Gasteiger partial charge in [0.15, 0.2) is 17.5 Å². The average Bonchev–Trinajstić information content (AvgIpc) is 4.01. The van der Waals surface area contributed by atoms with E-state index in [0.717, 1.165) is 94.0 Å². The molecule has 0 bridgehead atoms. The molecule has 4 aromatic heterocycles. The summed E-state index contributed by atoms with van der Waals surface area (Å²) in [4.78, 5) is 16.2. The van der Waals surface area contributed by atoms with Crippen LogP contribution in [0, 0.1) is 0 Å². The minimum Gasteiger partial charge on any atom is -0.456 e. The van der Waals surface area contributed by atoms with E-state index in [4.69, 9.17) is 19.4 Å². The summed E-state index contributed by atoms with van der Waals surface area (Å²) in [5.74, 6) is 1.75. The molecule has 0 aliphatic heterocycles. The van der Waals surface area contributed by atoms with Gasteiger partial charge in [0.1, 0.15) is 11.2 Å². The molecule has 13 aromatic rings. The molecule has 294 valence electrons. The van der Waals surface area contributed by atoms with Crippen molar-refractivity contribution in [3.8, 4) is 56.7 Å². The predicted molar refractivity (Wildman–Crippen MR) is 258 cm³/mol. The Balaban J connectivity index is 1.25. The van der Waals surface area contributed by atoms with Gasteiger partial charge in [0, 0.05) is 43.4 Å². The van der Waals surface area contributed by atoms with E-state index >= 15 is 0 Å². The number of para-hydroxylation sites is 5. The van der Waals surface area contributed by atoms with Crippen LogP contribution in [-0.4, -0.2) is 24.1 Å². The van der Waals surface area contributed by atoms with Crippen LogP contribution in [0.5, 0.6) is 0 Å². The third-order valence-electron chi connectivity index (χ3n) is 12.4. The van der Waals surface area contributed by atoms with E-state index in [9.17, 15) is 0 Å². The molecule has 63 heavy (non-hydrogen) atoms. The molecule has 9 aromatic carbocycles. The maximum absolute atomic E-state index is 6.38. The smallest absolute Gasteiger partial charge is 0.166 e. The summed E-state index contributed by atoms with van der Waals surface area (Å²) in [6.07, 6.45) is 0. The lowest BCUT2D eigenvalue weighted by Gasteiger charge is -2.23. The van der Waals surface area contributed by atoms with Gasteiger partial charge in [-0.1, -0.05) is 164 Å². The third kappa shape index (κ3) is 5.48. The van der Waals surface area contributed by atoms with Crippen LogP contribution in [0.3, 0.4) is 0 Å².